The summed E-state index contributed by atoms with van der Waals surface area (Å²) in [6, 6.07) is -0.875. The van der Waals surface area contributed by atoms with E-state index < -0.39 is 20.0 Å². The first kappa shape index (κ1) is 40.2. The minimum Gasteiger partial charge on any atom is -0.756 e. The number of carbonyl (C=O) groups is 1. The van der Waals surface area contributed by atoms with Gasteiger partial charge in [-0.05, 0) is 19.3 Å². The van der Waals surface area contributed by atoms with Crippen molar-refractivity contribution in [2.45, 2.75) is 148 Å². The Kier molecular flexibility index (Phi) is 25.2. The number of nitrogens with one attached hydrogen (secondary N) is 1. The van der Waals surface area contributed by atoms with Gasteiger partial charge in [-0.3, -0.25) is 9.36 Å². The molecule has 244 valence electrons. The predicted octanol–water partition coefficient (Wildman–Crippen LogP) is 7.05. The molecule has 0 spiro atoms. The number of allylic oxidation sites excluding steroid dienone is 1. The van der Waals surface area contributed by atoms with Crippen molar-refractivity contribution in [3.63, 3.8) is 0 Å². The second-order valence-electron chi connectivity index (χ2n) is 12.5. The molecule has 0 aromatic carbocycles. The molecule has 0 fully saturated rings. The highest BCUT2D eigenvalue weighted by Crippen LogP contribution is 2.38. The van der Waals surface area contributed by atoms with Crippen molar-refractivity contribution in [1.29, 1.82) is 0 Å². The number of nitrogens with zero attached hydrogens (tertiary/aromatic N) is 1. The Morgan fingerprint density at radius 3 is 1.83 bits per heavy atom. The molecule has 9 heteroatoms. The molecule has 0 aromatic rings. The maximum Gasteiger partial charge on any atom is 0.268 e. The average Bonchev–Trinajstić information content (AvgIpc) is 2.90. The Bertz CT molecular complexity index is 698. The molecule has 0 aromatic heterocycles. The van der Waals surface area contributed by atoms with E-state index in [1.807, 2.05) is 27.2 Å². The van der Waals surface area contributed by atoms with Gasteiger partial charge in [0.25, 0.3) is 7.82 Å². The van der Waals surface area contributed by atoms with Crippen molar-refractivity contribution in [3.05, 3.63) is 12.2 Å². The summed E-state index contributed by atoms with van der Waals surface area (Å²) >= 11 is 0. The number of carbonyl (C=O) groups excluding carboxylic acids is 1. The fraction of sp³-hybridized carbons (Fsp3) is 0.906. The third-order valence-electron chi connectivity index (χ3n) is 7.25. The number of phosphoric acid groups is 1. The molecule has 0 bridgehead atoms. The van der Waals surface area contributed by atoms with Crippen LogP contribution in [-0.4, -0.2) is 68.5 Å². The number of unbranched alkanes of at least 4 members (excludes halogenated alkanes) is 16. The zero-order valence-corrected chi connectivity index (χ0v) is 28.1. The van der Waals surface area contributed by atoms with Gasteiger partial charge in [-0.25, -0.2) is 0 Å². The molecule has 1 unspecified atom stereocenters. The minimum atomic E-state index is -4.56. The number of quaternary nitrogens is 1. The van der Waals surface area contributed by atoms with Crippen LogP contribution in [0.5, 0.6) is 0 Å². The molecule has 0 radical (unpaired) electrons. The van der Waals surface area contributed by atoms with Crippen LogP contribution in [0.1, 0.15) is 136 Å². The van der Waals surface area contributed by atoms with E-state index in [1.165, 1.54) is 77.0 Å². The van der Waals surface area contributed by atoms with Gasteiger partial charge in [0.1, 0.15) is 13.2 Å². The van der Waals surface area contributed by atoms with Crippen LogP contribution in [-0.2, 0) is 18.4 Å². The van der Waals surface area contributed by atoms with Gasteiger partial charge < -0.3 is 28.8 Å². The van der Waals surface area contributed by atoms with E-state index in [0.717, 1.165) is 38.5 Å². The Labute approximate surface area is 252 Å². The summed E-state index contributed by atoms with van der Waals surface area (Å²) < 4.78 is 22.9. The van der Waals surface area contributed by atoms with Crippen LogP contribution >= 0.6 is 7.82 Å². The number of aliphatic hydroxyl groups excluding tert-OH is 1. The molecular formula is C32H65N2O6P. The Balaban J connectivity index is 4.65. The van der Waals surface area contributed by atoms with E-state index in [2.05, 4.69) is 19.2 Å². The molecule has 8 nitrogen and oxygen atoms in total. The third-order valence-corrected chi connectivity index (χ3v) is 8.21. The lowest BCUT2D eigenvalue weighted by Gasteiger charge is -2.29. The summed E-state index contributed by atoms with van der Waals surface area (Å²) in [7, 11) is 1.26. The standard InChI is InChI=1S/C32H65N2O6P/c1-6-8-10-12-14-16-18-19-21-23-25-31(35)30(29-40-41(37,38)39-28-27-34(3,4)5)33-32(36)26-24-22-20-17-15-13-11-9-7-2/h23,25,30-31,35H,6-22,24,26-29H2,1-5H3,(H-,33,36,37,38)/b25-23+/t30-,31+/m0/s1. The number of amides is 1. The number of likely N-dealkylation sites (N-methyl/N-ethyl adjacent to an activating group) is 1. The van der Waals surface area contributed by atoms with Crippen molar-refractivity contribution < 1.29 is 32.9 Å². The van der Waals surface area contributed by atoms with Crippen LogP contribution in [0.25, 0.3) is 0 Å². The van der Waals surface area contributed by atoms with Crippen molar-refractivity contribution in [2.24, 2.45) is 0 Å². The molecule has 0 aliphatic carbocycles. The molecule has 0 rings (SSSR count). The van der Waals surface area contributed by atoms with Gasteiger partial charge in [0, 0.05) is 6.42 Å². The van der Waals surface area contributed by atoms with Crippen LogP contribution in [0.15, 0.2) is 12.2 Å². The maximum absolute atomic E-state index is 12.6. The molecule has 0 aliphatic rings. The summed E-state index contributed by atoms with van der Waals surface area (Å²) in [6.45, 7) is 4.56. The quantitative estimate of drug-likeness (QED) is 0.0410. The van der Waals surface area contributed by atoms with Crippen LogP contribution in [0.3, 0.4) is 0 Å². The van der Waals surface area contributed by atoms with Crippen molar-refractivity contribution in [2.75, 3.05) is 40.9 Å². The lowest BCUT2D eigenvalue weighted by Crippen LogP contribution is -2.45. The van der Waals surface area contributed by atoms with E-state index >= 15 is 0 Å². The van der Waals surface area contributed by atoms with Gasteiger partial charge in [0.15, 0.2) is 0 Å². The highest BCUT2D eigenvalue weighted by Gasteiger charge is 2.23. The minimum absolute atomic E-state index is 0.000960. The normalized spacial score (nSPS) is 15.2. The van der Waals surface area contributed by atoms with Crippen LogP contribution < -0.4 is 10.2 Å². The second kappa shape index (κ2) is 25.7. The summed E-state index contributed by atoms with van der Waals surface area (Å²) in [5.74, 6) is -0.205. The van der Waals surface area contributed by atoms with Gasteiger partial charge in [-0.15, -0.1) is 0 Å². The second-order valence-corrected chi connectivity index (χ2v) is 13.9. The summed E-state index contributed by atoms with van der Waals surface area (Å²) in [5, 5.41) is 13.6. The van der Waals surface area contributed by atoms with E-state index in [9.17, 15) is 19.4 Å². The SMILES string of the molecule is CCCCCCCCCC/C=C/[C@@H](O)[C@H](COP(=O)([O-])OCC[N+](C)(C)C)NC(=O)CCCCCCCCCCC. The monoisotopic (exact) mass is 604 g/mol. The molecule has 2 N–H and O–H groups in total. The molecule has 0 saturated carbocycles. The number of phosphoric ester groups is 1. The van der Waals surface area contributed by atoms with Gasteiger partial charge in [0.2, 0.25) is 5.91 Å². The Morgan fingerprint density at radius 2 is 1.32 bits per heavy atom. The largest absolute Gasteiger partial charge is 0.756 e. The number of hydrogen-bond acceptors (Lipinski definition) is 6. The van der Waals surface area contributed by atoms with Crippen molar-refractivity contribution in [3.8, 4) is 0 Å². The first-order valence-electron chi connectivity index (χ1n) is 16.6. The van der Waals surface area contributed by atoms with Crippen LogP contribution in [0.4, 0.5) is 0 Å². The molecule has 0 saturated heterocycles. The first-order chi connectivity index (χ1) is 19.5. The summed E-state index contributed by atoms with van der Waals surface area (Å²) in [6.07, 6.45) is 24.0. The summed E-state index contributed by atoms with van der Waals surface area (Å²) in [4.78, 5) is 24.9. The Morgan fingerprint density at radius 1 is 0.829 bits per heavy atom. The predicted molar refractivity (Wildman–Crippen MR) is 169 cm³/mol. The van der Waals surface area contributed by atoms with E-state index in [4.69, 9.17) is 9.05 Å². The molecular weight excluding hydrogens is 539 g/mol. The zero-order chi connectivity index (χ0) is 30.8. The van der Waals surface area contributed by atoms with E-state index in [-0.39, 0.29) is 19.1 Å². The molecule has 0 aliphatic heterocycles. The highest BCUT2D eigenvalue weighted by atomic mass is 31.2. The molecule has 3 atom stereocenters. The fourth-order valence-electron chi connectivity index (χ4n) is 4.50. The first-order valence-corrected chi connectivity index (χ1v) is 18.0. The lowest BCUT2D eigenvalue weighted by molar-refractivity contribution is -0.870. The van der Waals surface area contributed by atoms with E-state index in [0.29, 0.717) is 17.4 Å². The zero-order valence-electron chi connectivity index (χ0n) is 27.2. The van der Waals surface area contributed by atoms with Crippen molar-refractivity contribution in [1.82, 2.24) is 5.32 Å². The topological polar surface area (TPSA) is 108 Å². The average molecular weight is 605 g/mol. The number of aliphatic hydroxyl groups is 1. The molecule has 0 heterocycles. The van der Waals surface area contributed by atoms with Gasteiger partial charge in [-0.1, -0.05) is 122 Å². The van der Waals surface area contributed by atoms with Gasteiger partial charge in [-0.2, -0.15) is 0 Å². The lowest BCUT2D eigenvalue weighted by atomic mass is 10.1. The Hall–Kier alpha value is -0.760. The van der Waals surface area contributed by atoms with Crippen LogP contribution in [0, 0.1) is 0 Å². The van der Waals surface area contributed by atoms with Crippen molar-refractivity contribution >= 4 is 13.7 Å². The maximum atomic E-state index is 12.6. The number of hydrogen-bond donors (Lipinski definition) is 2. The van der Waals surface area contributed by atoms with Crippen LogP contribution in [0.2, 0.25) is 0 Å². The van der Waals surface area contributed by atoms with Gasteiger partial charge >= 0.3 is 0 Å². The fourth-order valence-corrected chi connectivity index (χ4v) is 5.22. The summed E-state index contributed by atoms with van der Waals surface area (Å²) in [5.41, 5.74) is 0. The highest BCUT2D eigenvalue weighted by molar-refractivity contribution is 7.45. The van der Waals surface area contributed by atoms with Gasteiger partial charge in [0.05, 0.1) is 39.9 Å². The van der Waals surface area contributed by atoms with E-state index in [1.54, 1.807) is 6.08 Å². The number of rotatable bonds is 29. The third kappa shape index (κ3) is 27.8. The molecule has 41 heavy (non-hydrogen) atoms. The smallest absolute Gasteiger partial charge is 0.268 e. The molecule has 1 amide bonds.